The quantitative estimate of drug-likeness (QED) is 0.797. The van der Waals surface area contributed by atoms with Crippen LogP contribution in [0.4, 0.5) is 0 Å². The molecule has 1 aromatic heterocycles. The van der Waals surface area contributed by atoms with Crippen LogP contribution in [0.3, 0.4) is 0 Å². The van der Waals surface area contributed by atoms with Crippen LogP contribution in [0.2, 0.25) is 5.02 Å². The van der Waals surface area contributed by atoms with E-state index in [1.54, 1.807) is 0 Å². The maximum atomic E-state index is 12.5. The highest BCUT2D eigenvalue weighted by Crippen LogP contribution is 2.22. The molecule has 2 fully saturated rings. The summed E-state index contributed by atoms with van der Waals surface area (Å²) in [5.41, 5.74) is 0.826. The van der Waals surface area contributed by atoms with Crippen molar-refractivity contribution in [2.75, 3.05) is 26.2 Å². The molecule has 28 heavy (non-hydrogen) atoms. The maximum Gasteiger partial charge on any atom is 0.241 e. The molecule has 2 aliphatic heterocycles. The van der Waals surface area contributed by atoms with Crippen LogP contribution in [0.25, 0.3) is 11.4 Å². The van der Waals surface area contributed by atoms with E-state index in [2.05, 4.69) is 20.4 Å². The molecule has 1 N–H and O–H groups in total. The minimum atomic E-state index is -0.00882. The number of rotatable bonds is 6. The Morgan fingerprint density at radius 1 is 1.32 bits per heavy atom. The maximum absolute atomic E-state index is 12.5. The van der Waals surface area contributed by atoms with Crippen LogP contribution < -0.4 is 5.32 Å². The molecule has 4 rings (SSSR count). The number of piperidine rings is 1. The molecule has 0 bridgehead atoms. The van der Waals surface area contributed by atoms with Gasteiger partial charge in [-0.3, -0.25) is 9.69 Å². The third kappa shape index (κ3) is 4.90. The lowest BCUT2D eigenvalue weighted by molar-refractivity contribution is -0.127. The van der Waals surface area contributed by atoms with E-state index < -0.39 is 0 Å². The Kier molecular flexibility index (Phi) is 6.24. The second-order valence-electron chi connectivity index (χ2n) is 7.48. The van der Waals surface area contributed by atoms with E-state index in [0.29, 0.717) is 36.4 Å². The first-order valence-electron chi connectivity index (χ1n) is 9.87. The predicted octanol–water partition coefficient (Wildman–Crippen LogP) is 2.90. The summed E-state index contributed by atoms with van der Waals surface area (Å²) in [7, 11) is 0. The number of carbonyl (C=O) groups excluding carboxylic acids is 1. The van der Waals surface area contributed by atoms with Crippen molar-refractivity contribution in [1.29, 1.82) is 0 Å². The van der Waals surface area contributed by atoms with E-state index >= 15 is 0 Å². The van der Waals surface area contributed by atoms with Gasteiger partial charge in [-0.25, -0.2) is 0 Å². The zero-order chi connectivity index (χ0) is 19.3. The molecule has 3 heterocycles. The fourth-order valence-electron chi connectivity index (χ4n) is 3.83. The Labute approximate surface area is 169 Å². The molecule has 8 heteroatoms. The third-order valence-electron chi connectivity index (χ3n) is 5.31. The van der Waals surface area contributed by atoms with Gasteiger partial charge < -0.3 is 14.6 Å². The summed E-state index contributed by atoms with van der Waals surface area (Å²) in [6.07, 6.45) is 4.17. The molecule has 0 radical (unpaired) electrons. The molecule has 2 unspecified atom stereocenters. The van der Waals surface area contributed by atoms with Crippen molar-refractivity contribution in [1.82, 2.24) is 20.4 Å². The zero-order valence-electron chi connectivity index (χ0n) is 15.8. The van der Waals surface area contributed by atoms with Crippen molar-refractivity contribution in [3.8, 4) is 11.4 Å². The lowest BCUT2D eigenvalue weighted by atomic mass is 9.97. The molecule has 1 amide bonds. The van der Waals surface area contributed by atoms with Gasteiger partial charge in [0.15, 0.2) is 0 Å². The van der Waals surface area contributed by atoms with Crippen molar-refractivity contribution >= 4 is 17.5 Å². The monoisotopic (exact) mass is 404 g/mol. The highest BCUT2D eigenvalue weighted by molar-refractivity contribution is 6.30. The normalized spacial score (nSPS) is 23.0. The van der Waals surface area contributed by atoms with Gasteiger partial charge >= 0.3 is 0 Å². The van der Waals surface area contributed by atoms with Crippen molar-refractivity contribution in [3.05, 3.63) is 35.2 Å². The van der Waals surface area contributed by atoms with Gasteiger partial charge in [-0.05, 0) is 44.4 Å². The molecule has 7 nitrogen and oxygen atoms in total. The molecule has 0 aliphatic carbocycles. The summed E-state index contributed by atoms with van der Waals surface area (Å²) in [5, 5.41) is 7.75. The number of hydrogen-bond donors (Lipinski definition) is 1. The Balaban J connectivity index is 1.30. The number of halogens is 1. The van der Waals surface area contributed by atoms with Gasteiger partial charge in [-0.2, -0.15) is 4.98 Å². The summed E-state index contributed by atoms with van der Waals surface area (Å²) in [5.74, 6) is 1.19. The van der Waals surface area contributed by atoms with Crippen LogP contribution in [0.15, 0.2) is 28.8 Å². The molecular formula is C20H25ClN4O3. The lowest BCUT2D eigenvalue weighted by Gasteiger charge is -2.31. The second kappa shape index (κ2) is 9.03. The highest BCUT2D eigenvalue weighted by atomic mass is 35.5. The number of aromatic nitrogens is 2. The van der Waals surface area contributed by atoms with Crippen LogP contribution in [0.5, 0.6) is 0 Å². The number of likely N-dealkylation sites (tertiary alicyclic amines) is 1. The number of amides is 1. The van der Waals surface area contributed by atoms with Gasteiger partial charge in [0, 0.05) is 30.3 Å². The molecule has 150 valence electrons. The van der Waals surface area contributed by atoms with Crippen LogP contribution in [0, 0.1) is 5.92 Å². The van der Waals surface area contributed by atoms with E-state index in [1.807, 2.05) is 24.3 Å². The summed E-state index contributed by atoms with van der Waals surface area (Å²) in [4.78, 5) is 19.2. The fraction of sp³-hybridized carbons (Fsp3) is 0.550. The number of benzene rings is 1. The Morgan fingerprint density at radius 2 is 2.25 bits per heavy atom. The van der Waals surface area contributed by atoms with Crippen LogP contribution in [-0.4, -0.2) is 53.3 Å². The van der Waals surface area contributed by atoms with Crippen LogP contribution in [-0.2, 0) is 16.1 Å². The number of carbonyl (C=O) groups is 1. The average molecular weight is 405 g/mol. The molecule has 2 aliphatic rings. The zero-order valence-corrected chi connectivity index (χ0v) is 16.5. The van der Waals surface area contributed by atoms with E-state index in [1.165, 1.54) is 0 Å². The number of nitrogens with zero attached hydrogens (tertiary/aromatic N) is 3. The summed E-state index contributed by atoms with van der Waals surface area (Å²) in [6.45, 7) is 3.58. The number of nitrogens with one attached hydrogen (secondary N) is 1. The number of ether oxygens (including phenoxy) is 1. The van der Waals surface area contributed by atoms with Crippen molar-refractivity contribution in [3.63, 3.8) is 0 Å². The first kappa shape index (κ1) is 19.4. The SMILES string of the molecule is O=C(NCC1CCCO1)C1CCCN(Cc2nc(-c3cccc(Cl)c3)no2)C1. The standard InChI is InChI=1S/C20H25ClN4O3/c21-16-6-1-4-14(10-16)19-23-18(28-24-19)13-25-8-2-5-15(12-25)20(26)22-11-17-7-3-9-27-17/h1,4,6,10,15,17H,2-3,5,7-9,11-13H2,(H,22,26). The Hall–Kier alpha value is -1.96. The van der Waals surface area contributed by atoms with Gasteiger partial charge in [0.1, 0.15) is 0 Å². The molecule has 2 atom stereocenters. The van der Waals surface area contributed by atoms with Gasteiger partial charge in [0.2, 0.25) is 17.6 Å². The first-order chi connectivity index (χ1) is 13.7. The molecule has 2 aromatic rings. The van der Waals surface area contributed by atoms with Crippen molar-refractivity contribution < 1.29 is 14.1 Å². The van der Waals surface area contributed by atoms with E-state index in [4.69, 9.17) is 20.9 Å². The minimum Gasteiger partial charge on any atom is -0.376 e. The van der Waals surface area contributed by atoms with E-state index in [9.17, 15) is 4.79 Å². The lowest BCUT2D eigenvalue weighted by Crippen LogP contribution is -2.44. The van der Waals surface area contributed by atoms with Gasteiger partial charge in [-0.15, -0.1) is 0 Å². The van der Waals surface area contributed by atoms with Crippen molar-refractivity contribution in [2.24, 2.45) is 5.92 Å². The molecule has 0 spiro atoms. The molecule has 1 aromatic carbocycles. The predicted molar refractivity (Wildman–Crippen MR) is 105 cm³/mol. The first-order valence-corrected chi connectivity index (χ1v) is 10.3. The molecule has 0 saturated carbocycles. The Morgan fingerprint density at radius 3 is 3.07 bits per heavy atom. The van der Waals surface area contributed by atoms with E-state index in [-0.39, 0.29) is 17.9 Å². The van der Waals surface area contributed by atoms with Crippen molar-refractivity contribution in [2.45, 2.75) is 38.3 Å². The minimum absolute atomic E-state index is 0.00882. The molecular weight excluding hydrogens is 380 g/mol. The Bertz CT molecular complexity index is 806. The smallest absolute Gasteiger partial charge is 0.241 e. The van der Waals surface area contributed by atoms with Gasteiger partial charge in [0.05, 0.1) is 18.6 Å². The largest absolute Gasteiger partial charge is 0.376 e. The second-order valence-corrected chi connectivity index (χ2v) is 7.91. The summed E-state index contributed by atoms with van der Waals surface area (Å²) in [6, 6.07) is 7.38. The van der Waals surface area contributed by atoms with Gasteiger partial charge in [0.25, 0.3) is 0 Å². The third-order valence-corrected chi connectivity index (χ3v) is 5.55. The average Bonchev–Trinajstić information content (AvgIpc) is 3.38. The van der Waals surface area contributed by atoms with Gasteiger partial charge in [-0.1, -0.05) is 28.9 Å². The summed E-state index contributed by atoms with van der Waals surface area (Å²) < 4.78 is 11.0. The fourth-order valence-corrected chi connectivity index (χ4v) is 4.02. The van der Waals surface area contributed by atoms with Crippen LogP contribution >= 0.6 is 11.6 Å². The summed E-state index contributed by atoms with van der Waals surface area (Å²) >= 11 is 6.03. The topological polar surface area (TPSA) is 80.5 Å². The highest BCUT2D eigenvalue weighted by Gasteiger charge is 2.27. The number of hydrogen-bond acceptors (Lipinski definition) is 6. The van der Waals surface area contributed by atoms with Crippen LogP contribution in [0.1, 0.15) is 31.6 Å². The van der Waals surface area contributed by atoms with E-state index in [0.717, 1.165) is 44.4 Å². The molecule has 2 saturated heterocycles.